The predicted molar refractivity (Wildman–Crippen MR) is 56.1 cm³/mol. The van der Waals surface area contributed by atoms with E-state index in [2.05, 4.69) is 5.10 Å². The van der Waals surface area contributed by atoms with Crippen LogP contribution in [-0.4, -0.2) is 16.1 Å². The molecule has 0 aliphatic rings. The minimum absolute atomic E-state index is 0.156. The van der Waals surface area contributed by atoms with Gasteiger partial charge in [-0.1, -0.05) is 0 Å². The summed E-state index contributed by atoms with van der Waals surface area (Å²) < 4.78 is 13.9. The van der Waals surface area contributed by atoms with Crippen LogP contribution in [0.4, 0.5) is 4.39 Å². The van der Waals surface area contributed by atoms with E-state index in [1.54, 1.807) is 0 Å². The average molecular weight is 220 g/mol. The molecule has 2 rings (SSSR count). The van der Waals surface area contributed by atoms with Gasteiger partial charge in [0.1, 0.15) is 12.1 Å². The Bertz CT molecular complexity index is 554. The number of rotatable bonds is 3. The van der Waals surface area contributed by atoms with Crippen molar-refractivity contribution in [3.05, 3.63) is 52.2 Å². The lowest BCUT2D eigenvalue weighted by Crippen LogP contribution is -2.13. The van der Waals surface area contributed by atoms with E-state index >= 15 is 0 Å². The Morgan fingerprint density at radius 1 is 1.31 bits per heavy atom. The van der Waals surface area contributed by atoms with Crippen molar-refractivity contribution < 1.29 is 9.18 Å². The summed E-state index contributed by atoms with van der Waals surface area (Å²) in [5.41, 5.74) is 0.788. The molecule has 1 aromatic heterocycles. The maximum absolute atomic E-state index is 12.7. The van der Waals surface area contributed by atoms with Crippen LogP contribution in [0.3, 0.4) is 0 Å². The van der Waals surface area contributed by atoms with Gasteiger partial charge in [-0.15, -0.1) is 0 Å². The van der Waals surface area contributed by atoms with Crippen LogP contribution in [0.25, 0.3) is 5.69 Å². The first-order valence-electron chi connectivity index (χ1n) is 4.71. The summed E-state index contributed by atoms with van der Waals surface area (Å²) in [6.45, 7) is 0. The smallest absolute Gasteiger partial charge is 0.271 e. The van der Waals surface area contributed by atoms with Crippen LogP contribution in [0.1, 0.15) is 5.69 Å². The molecule has 0 aliphatic heterocycles. The van der Waals surface area contributed by atoms with E-state index in [-0.39, 0.29) is 17.8 Å². The van der Waals surface area contributed by atoms with Gasteiger partial charge in [0.05, 0.1) is 5.69 Å². The number of nitrogens with zero attached hydrogens (tertiary/aromatic N) is 1. The van der Waals surface area contributed by atoms with Crippen LogP contribution >= 0.6 is 0 Å². The summed E-state index contributed by atoms with van der Waals surface area (Å²) in [4.78, 5) is 21.8. The molecular weight excluding hydrogens is 211 g/mol. The number of halogens is 1. The standard InChI is InChI=1S/C11H9FN2O2/c12-8-1-3-10(4-2-8)14-11(16)7-9(13-14)5-6-15/h1-4,6-7,13H,5H2. The molecule has 4 nitrogen and oxygen atoms in total. The van der Waals surface area contributed by atoms with E-state index in [1.807, 2.05) is 0 Å². The number of H-pyrrole nitrogens is 1. The van der Waals surface area contributed by atoms with Gasteiger partial charge in [0, 0.05) is 18.2 Å². The third-order valence-electron chi connectivity index (χ3n) is 2.16. The number of hydrogen-bond acceptors (Lipinski definition) is 2. The normalized spacial score (nSPS) is 10.3. The van der Waals surface area contributed by atoms with Crippen molar-refractivity contribution in [2.24, 2.45) is 0 Å². The second-order valence-electron chi connectivity index (χ2n) is 3.30. The van der Waals surface area contributed by atoms with Gasteiger partial charge in [-0.05, 0) is 24.3 Å². The Labute approximate surface area is 90.3 Å². The van der Waals surface area contributed by atoms with Crippen LogP contribution in [-0.2, 0) is 11.2 Å². The highest BCUT2D eigenvalue weighted by Gasteiger charge is 2.04. The maximum atomic E-state index is 12.7. The lowest BCUT2D eigenvalue weighted by molar-refractivity contribution is -0.107. The third kappa shape index (κ3) is 1.93. The van der Waals surface area contributed by atoms with Gasteiger partial charge >= 0.3 is 0 Å². The van der Waals surface area contributed by atoms with Crippen molar-refractivity contribution in [1.29, 1.82) is 0 Å². The number of hydrogen-bond donors (Lipinski definition) is 1. The van der Waals surface area contributed by atoms with Crippen LogP contribution < -0.4 is 5.56 Å². The molecule has 0 saturated carbocycles. The highest BCUT2D eigenvalue weighted by atomic mass is 19.1. The molecule has 0 spiro atoms. The third-order valence-corrected chi connectivity index (χ3v) is 2.16. The molecule has 16 heavy (non-hydrogen) atoms. The monoisotopic (exact) mass is 220 g/mol. The van der Waals surface area contributed by atoms with Gasteiger partial charge in [0.15, 0.2) is 0 Å². The van der Waals surface area contributed by atoms with Gasteiger partial charge in [-0.25, -0.2) is 9.07 Å². The lowest BCUT2D eigenvalue weighted by Gasteiger charge is -2.00. The fourth-order valence-corrected chi connectivity index (χ4v) is 1.42. The number of benzene rings is 1. The quantitative estimate of drug-likeness (QED) is 0.786. The molecule has 2 aromatic rings. The largest absolute Gasteiger partial charge is 0.303 e. The van der Waals surface area contributed by atoms with Crippen molar-refractivity contribution >= 4 is 6.29 Å². The van der Waals surface area contributed by atoms with E-state index in [0.29, 0.717) is 17.7 Å². The van der Waals surface area contributed by atoms with Crippen molar-refractivity contribution in [3.8, 4) is 5.69 Å². The number of aromatic nitrogens is 2. The summed E-state index contributed by atoms with van der Waals surface area (Å²) in [5, 5.41) is 2.77. The molecule has 0 fully saturated rings. The summed E-state index contributed by atoms with van der Waals surface area (Å²) >= 11 is 0. The first kappa shape index (κ1) is 10.4. The Morgan fingerprint density at radius 2 is 2.00 bits per heavy atom. The van der Waals surface area contributed by atoms with Gasteiger partial charge in [0.2, 0.25) is 0 Å². The van der Waals surface area contributed by atoms with E-state index < -0.39 is 0 Å². The van der Waals surface area contributed by atoms with Crippen molar-refractivity contribution in [1.82, 2.24) is 9.78 Å². The molecule has 0 aliphatic carbocycles. The summed E-state index contributed by atoms with van der Waals surface area (Å²) in [6.07, 6.45) is 0.865. The Balaban J connectivity index is 2.43. The minimum atomic E-state index is -0.364. The molecule has 1 heterocycles. The zero-order chi connectivity index (χ0) is 11.5. The SMILES string of the molecule is O=CCc1cc(=O)n(-c2ccc(F)cc2)[nH]1. The highest BCUT2D eigenvalue weighted by molar-refractivity contribution is 5.53. The Hall–Kier alpha value is -2.17. The number of carbonyl (C=O) groups is 1. The topological polar surface area (TPSA) is 54.9 Å². The Kier molecular flexibility index (Phi) is 2.68. The molecule has 0 saturated heterocycles. The number of aldehydes is 1. The van der Waals surface area contributed by atoms with Gasteiger partial charge in [0.25, 0.3) is 5.56 Å². The molecular formula is C11H9FN2O2. The fraction of sp³-hybridized carbons (Fsp3) is 0.0909. The lowest BCUT2D eigenvalue weighted by atomic mass is 10.3. The molecule has 1 aromatic carbocycles. The maximum Gasteiger partial charge on any atom is 0.271 e. The number of nitrogens with one attached hydrogen (secondary N) is 1. The van der Waals surface area contributed by atoms with Crippen LogP contribution in [0.5, 0.6) is 0 Å². The molecule has 0 amide bonds. The van der Waals surface area contributed by atoms with Crippen molar-refractivity contribution in [2.75, 3.05) is 0 Å². The Morgan fingerprint density at radius 3 is 2.62 bits per heavy atom. The highest BCUT2D eigenvalue weighted by Crippen LogP contribution is 2.06. The molecule has 0 bridgehead atoms. The van der Waals surface area contributed by atoms with E-state index in [4.69, 9.17) is 0 Å². The predicted octanol–water partition coefficient (Wildman–Crippen LogP) is 1.05. The number of aromatic amines is 1. The summed E-state index contributed by atoms with van der Waals surface area (Å²) in [5.74, 6) is -0.364. The molecule has 0 atom stereocenters. The minimum Gasteiger partial charge on any atom is -0.303 e. The second kappa shape index (κ2) is 4.14. The first-order valence-corrected chi connectivity index (χ1v) is 4.71. The van der Waals surface area contributed by atoms with Crippen LogP contribution in [0, 0.1) is 5.82 Å². The summed E-state index contributed by atoms with van der Waals surface area (Å²) in [6, 6.07) is 6.84. The molecule has 0 radical (unpaired) electrons. The fourth-order valence-electron chi connectivity index (χ4n) is 1.42. The van der Waals surface area contributed by atoms with Crippen LogP contribution in [0.2, 0.25) is 0 Å². The van der Waals surface area contributed by atoms with E-state index in [1.165, 1.54) is 35.0 Å². The van der Waals surface area contributed by atoms with Crippen LogP contribution in [0.15, 0.2) is 35.1 Å². The molecule has 5 heteroatoms. The van der Waals surface area contributed by atoms with Gasteiger partial charge in [-0.2, -0.15) is 0 Å². The second-order valence-corrected chi connectivity index (χ2v) is 3.30. The zero-order valence-electron chi connectivity index (χ0n) is 8.31. The van der Waals surface area contributed by atoms with Gasteiger partial charge in [-0.3, -0.25) is 9.89 Å². The first-order chi connectivity index (χ1) is 7.70. The van der Waals surface area contributed by atoms with Crippen molar-refractivity contribution in [3.63, 3.8) is 0 Å². The molecule has 0 unspecified atom stereocenters. The zero-order valence-corrected chi connectivity index (χ0v) is 8.31. The van der Waals surface area contributed by atoms with E-state index in [0.717, 1.165) is 0 Å². The molecule has 82 valence electrons. The molecule has 1 N–H and O–H groups in total. The number of carbonyl (C=O) groups excluding carboxylic acids is 1. The van der Waals surface area contributed by atoms with Crippen molar-refractivity contribution in [2.45, 2.75) is 6.42 Å². The van der Waals surface area contributed by atoms with Gasteiger partial charge < -0.3 is 4.79 Å². The average Bonchev–Trinajstić information content (AvgIpc) is 2.61. The van der Waals surface area contributed by atoms with E-state index in [9.17, 15) is 14.0 Å². The summed E-state index contributed by atoms with van der Waals surface area (Å²) in [7, 11) is 0.